The molecule has 1 rings (SSSR count). The SMILES string of the molecule is CCCCC1CCC(C(=O)N(C)CC(C)C(N)=NO)CC1. The van der Waals surface area contributed by atoms with E-state index in [-0.39, 0.29) is 23.6 Å². The van der Waals surface area contributed by atoms with E-state index in [9.17, 15) is 4.79 Å². The number of nitrogens with zero attached hydrogens (tertiary/aromatic N) is 2. The fourth-order valence-corrected chi connectivity index (χ4v) is 3.20. The first-order chi connectivity index (χ1) is 9.99. The fourth-order valence-electron chi connectivity index (χ4n) is 3.20. The summed E-state index contributed by atoms with van der Waals surface area (Å²) >= 11 is 0. The van der Waals surface area contributed by atoms with Gasteiger partial charge in [-0.3, -0.25) is 4.79 Å². The number of hydrogen-bond donors (Lipinski definition) is 2. The molecule has 1 amide bonds. The molecule has 1 saturated carbocycles. The third-order valence-corrected chi connectivity index (χ3v) is 4.71. The Hall–Kier alpha value is -1.26. The number of carbonyl (C=O) groups excluding carboxylic acids is 1. The standard InChI is InChI=1S/C16H31N3O2/c1-4-5-6-13-7-9-14(10-8-13)16(20)19(3)11-12(2)15(17)18-21/h12-14,21H,4-11H2,1-3H3,(H2,17,18). The minimum atomic E-state index is -0.121. The first kappa shape index (κ1) is 17.8. The lowest BCUT2D eigenvalue weighted by molar-refractivity contribution is -0.135. The first-order valence-corrected chi connectivity index (χ1v) is 8.21. The lowest BCUT2D eigenvalue weighted by Gasteiger charge is -2.31. The summed E-state index contributed by atoms with van der Waals surface area (Å²) in [7, 11) is 1.81. The Morgan fingerprint density at radius 1 is 1.38 bits per heavy atom. The summed E-state index contributed by atoms with van der Waals surface area (Å²) in [4.78, 5) is 14.2. The van der Waals surface area contributed by atoms with Crippen molar-refractivity contribution in [3.63, 3.8) is 0 Å². The van der Waals surface area contributed by atoms with Crippen molar-refractivity contribution >= 4 is 11.7 Å². The van der Waals surface area contributed by atoms with Crippen LogP contribution in [0.15, 0.2) is 5.16 Å². The maximum absolute atomic E-state index is 12.4. The first-order valence-electron chi connectivity index (χ1n) is 8.21. The van der Waals surface area contributed by atoms with E-state index < -0.39 is 0 Å². The molecule has 1 aliphatic carbocycles. The van der Waals surface area contributed by atoms with Gasteiger partial charge in [-0.25, -0.2) is 0 Å². The molecule has 0 saturated heterocycles. The second kappa shape index (κ2) is 8.90. The average Bonchev–Trinajstić information content (AvgIpc) is 2.51. The van der Waals surface area contributed by atoms with E-state index in [1.807, 2.05) is 14.0 Å². The summed E-state index contributed by atoms with van der Waals surface area (Å²) in [6.45, 7) is 4.59. The quantitative estimate of drug-likeness (QED) is 0.328. The van der Waals surface area contributed by atoms with Crippen LogP contribution < -0.4 is 5.73 Å². The Kier molecular flexibility index (Phi) is 7.54. The average molecular weight is 297 g/mol. The van der Waals surface area contributed by atoms with Crippen molar-refractivity contribution in [2.24, 2.45) is 28.6 Å². The molecule has 0 aromatic carbocycles. The van der Waals surface area contributed by atoms with E-state index in [1.165, 1.54) is 32.1 Å². The number of hydrogen-bond acceptors (Lipinski definition) is 3. The van der Waals surface area contributed by atoms with Gasteiger partial charge in [0.05, 0.1) is 0 Å². The molecule has 1 unspecified atom stereocenters. The molecule has 5 heteroatoms. The van der Waals surface area contributed by atoms with Gasteiger partial charge in [0.1, 0.15) is 5.84 Å². The van der Waals surface area contributed by atoms with E-state index in [2.05, 4.69) is 12.1 Å². The summed E-state index contributed by atoms with van der Waals surface area (Å²) in [5.74, 6) is 1.24. The summed E-state index contributed by atoms with van der Waals surface area (Å²) in [5.41, 5.74) is 5.57. The summed E-state index contributed by atoms with van der Waals surface area (Å²) < 4.78 is 0. The molecule has 0 heterocycles. The van der Waals surface area contributed by atoms with Gasteiger partial charge in [-0.15, -0.1) is 0 Å². The van der Waals surface area contributed by atoms with Gasteiger partial charge in [0.25, 0.3) is 0 Å². The van der Waals surface area contributed by atoms with Gasteiger partial charge in [0, 0.05) is 25.4 Å². The molecule has 0 aromatic rings. The van der Waals surface area contributed by atoms with Gasteiger partial charge in [-0.1, -0.05) is 38.3 Å². The molecule has 1 fully saturated rings. The Balaban J connectivity index is 2.39. The molecule has 1 aliphatic rings. The molecule has 0 radical (unpaired) electrons. The minimum Gasteiger partial charge on any atom is -0.409 e. The van der Waals surface area contributed by atoms with Gasteiger partial charge in [-0.2, -0.15) is 0 Å². The monoisotopic (exact) mass is 297 g/mol. The van der Waals surface area contributed by atoms with Gasteiger partial charge < -0.3 is 15.8 Å². The van der Waals surface area contributed by atoms with Crippen LogP contribution in [0, 0.1) is 17.8 Å². The van der Waals surface area contributed by atoms with Gasteiger partial charge in [-0.05, 0) is 31.6 Å². The maximum Gasteiger partial charge on any atom is 0.225 e. The normalized spacial score (nSPS) is 24.6. The van der Waals surface area contributed by atoms with E-state index in [0.717, 1.165) is 18.8 Å². The third kappa shape index (κ3) is 5.56. The smallest absolute Gasteiger partial charge is 0.225 e. The van der Waals surface area contributed by atoms with Crippen LogP contribution in [0.2, 0.25) is 0 Å². The molecule has 0 aliphatic heterocycles. The van der Waals surface area contributed by atoms with E-state index in [1.54, 1.807) is 4.90 Å². The molecule has 122 valence electrons. The molecule has 21 heavy (non-hydrogen) atoms. The fraction of sp³-hybridized carbons (Fsp3) is 0.875. The van der Waals surface area contributed by atoms with Crippen molar-refractivity contribution in [3.8, 4) is 0 Å². The maximum atomic E-state index is 12.4. The molecule has 0 aromatic heterocycles. The molecular weight excluding hydrogens is 266 g/mol. The van der Waals surface area contributed by atoms with Crippen LogP contribution in [0.3, 0.4) is 0 Å². The number of rotatable bonds is 7. The van der Waals surface area contributed by atoms with E-state index >= 15 is 0 Å². The van der Waals surface area contributed by atoms with Crippen LogP contribution in [0.25, 0.3) is 0 Å². The molecule has 0 bridgehead atoms. The van der Waals surface area contributed by atoms with Crippen molar-refractivity contribution in [3.05, 3.63) is 0 Å². The van der Waals surface area contributed by atoms with Crippen LogP contribution in [0.5, 0.6) is 0 Å². The zero-order valence-electron chi connectivity index (χ0n) is 13.7. The lowest BCUT2D eigenvalue weighted by atomic mass is 9.79. The van der Waals surface area contributed by atoms with Crippen molar-refractivity contribution in [2.45, 2.75) is 58.8 Å². The minimum absolute atomic E-state index is 0.121. The van der Waals surface area contributed by atoms with Crippen molar-refractivity contribution in [2.75, 3.05) is 13.6 Å². The molecule has 5 nitrogen and oxygen atoms in total. The number of amides is 1. The molecular formula is C16H31N3O2. The Morgan fingerprint density at radius 3 is 2.52 bits per heavy atom. The second-order valence-electron chi connectivity index (χ2n) is 6.50. The zero-order chi connectivity index (χ0) is 15.8. The zero-order valence-corrected chi connectivity index (χ0v) is 13.7. The van der Waals surface area contributed by atoms with Gasteiger partial charge in [0.2, 0.25) is 5.91 Å². The second-order valence-corrected chi connectivity index (χ2v) is 6.50. The topological polar surface area (TPSA) is 78.9 Å². The van der Waals surface area contributed by atoms with E-state index in [0.29, 0.717) is 6.54 Å². The Morgan fingerprint density at radius 2 is 2.00 bits per heavy atom. The highest BCUT2D eigenvalue weighted by atomic mass is 16.4. The highest BCUT2D eigenvalue weighted by Gasteiger charge is 2.28. The van der Waals surface area contributed by atoms with E-state index in [4.69, 9.17) is 10.9 Å². The third-order valence-electron chi connectivity index (χ3n) is 4.71. The number of nitrogens with two attached hydrogens (primary N) is 1. The van der Waals surface area contributed by atoms with Crippen LogP contribution in [0.1, 0.15) is 58.8 Å². The molecule has 0 spiro atoms. The highest BCUT2D eigenvalue weighted by Crippen LogP contribution is 2.32. The highest BCUT2D eigenvalue weighted by molar-refractivity contribution is 5.83. The number of oxime groups is 1. The predicted octanol–water partition coefficient (Wildman–Crippen LogP) is 2.82. The summed E-state index contributed by atoms with van der Waals surface area (Å²) in [6.07, 6.45) is 8.26. The number of carbonyl (C=O) groups is 1. The van der Waals surface area contributed by atoms with Crippen LogP contribution in [-0.2, 0) is 4.79 Å². The Bertz CT molecular complexity index is 349. The summed E-state index contributed by atoms with van der Waals surface area (Å²) in [6, 6.07) is 0. The van der Waals surface area contributed by atoms with Crippen molar-refractivity contribution < 1.29 is 10.0 Å². The summed E-state index contributed by atoms with van der Waals surface area (Å²) in [5, 5.41) is 11.7. The Labute approximate surface area is 128 Å². The van der Waals surface area contributed by atoms with Gasteiger partial charge >= 0.3 is 0 Å². The van der Waals surface area contributed by atoms with Crippen LogP contribution >= 0.6 is 0 Å². The van der Waals surface area contributed by atoms with Crippen LogP contribution in [-0.4, -0.2) is 35.4 Å². The molecule has 1 atom stereocenters. The lowest BCUT2D eigenvalue weighted by Crippen LogP contribution is -2.40. The van der Waals surface area contributed by atoms with Crippen molar-refractivity contribution in [1.29, 1.82) is 0 Å². The predicted molar refractivity (Wildman–Crippen MR) is 85.2 cm³/mol. The molecule has 3 N–H and O–H groups in total. The largest absolute Gasteiger partial charge is 0.409 e. The number of unbranched alkanes of at least 4 members (excludes halogenated alkanes) is 1. The van der Waals surface area contributed by atoms with Crippen LogP contribution in [0.4, 0.5) is 0 Å². The van der Waals surface area contributed by atoms with Crippen molar-refractivity contribution in [1.82, 2.24) is 4.90 Å². The number of amidine groups is 1. The van der Waals surface area contributed by atoms with Gasteiger partial charge in [0.15, 0.2) is 0 Å².